The number of rotatable bonds is 4. The van der Waals surface area contributed by atoms with Crippen LogP contribution in [0.25, 0.3) is 0 Å². The number of hydrogen-bond donors (Lipinski definition) is 3. The third-order valence-electron chi connectivity index (χ3n) is 3.48. The van der Waals surface area contributed by atoms with Gasteiger partial charge in [0.05, 0.1) is 18.8 Å². The highest BCUT2D eigenvalue weighted by atomic mass is 16.5. The number of aliphatic hydroxyl groups is 1. The Morgan fingerprint density at radius 3 is 2.81 bits per heavy atom. The maximum atomic E-state index is 11.8. The van der Waals surface area contributed by atoms with E-state index in [1.54, 1.807) is 31.2 Å². The quantitative estimate of drug-likeness (QED) is 0.779. The highest BCUT2D eigenvalue weighted by molar-refractivity contribution is 5.89. The van der Waals surface area contributed by atoms with Crippen LogP contribution in [0.1, 0.15) is 18.6 Å². The zero-order valence-corrected chi connectivity index (χ0v) is 12.5. The van der Waals surface area contributed by atoms with E-state index in [9.17, 15) is 9.90 Å². The number of nitrogens with zero attached hydrogens (tertiary/aromatic N) is 1. The molecule has 0 bridgehead atoms. The summed E-state index contributed by atoms with van der Waals surface area (Å²) in [5, 5.41) is 15.0. The van der Waals surface area contributed by atoms with Crippen LogP contribution in [0, 0.1) is 0 Å². The molecule has 1 fully saturated rings. The van der Waals surface area contributed by atoms with Crippen molar-refractivity contribution in [3.63, 3.8) is 0 Å². The Kier molecular flexibility index (Phi) is 5.55. The van der Waals surface area contributed by atoms with Crippen molar-refractivity contribution in [3.05, 3.63) is 29.8 Å². The number of aliphatic hydroxyl groups excluding tert-OH is 1. The van der Waals surface area contributed by atoms with Crippen LogP contribution >= 0.6 is 0 Å². The van der Waals surface area contributed by atoms with Gasteiger partial charge in [-0.1, -0.05) is 12.1 Å². The zero-order chi connectivity index (χ0) is 15.2. The Balaban J connectivity index is 1.76. The van der Waals surface area contributed by atoms with Crippen molar-refractivity contribution in [2.45, 2.75) is 19.1 Å². The number of amides is 2. The first-order valence-corrected chi connectivity index (χ1v) is 7.17. The molecule has 1 aliphatic heterocycles. The highest BCUT2D eigenvalue weighted by Gasteiger charge is 2.18. The first kappa shape index (κ1) is 15.8. The van der Waals surface area contributed by atoms with Crippen LogP contribution < -0.4 is 10.6 Å². The number of morpholine rings is 1. The maximum Gasteiger partial charge on any atom is 0.319 e. The third-order valence-corrected chi connectivity index (χ3v) is 3.48. The second-order valence-corrected chi connectivity index (χ2v) is 5.39. The molecule has 3 N–H and O–H groups in total. The fraction of sp³-hybridized carbons (Fsp3) is 0.533. The number of nitrogens with one attached hydrogen (secondary N) is 2. The van der Waals surface area contributed by atoms with Gasteiger partial charge in [-0.15, -0.1) is 0 Å². The van der Waals surface area contributed by atoms with E-state index >= 15 is 0 Å². The van der Waals surface area contributed by atoms with E-state index in [-0.39, 0.29) is 12.1 Å². The molecule has 2 atom stereocenters. The summed E-state index contributed by atoms with van der Waals surface area (Å²) >= 11 is 0. The van der Waals surface area contributed by atoms with Crippen LogP contribution in [-0.4, -0.2) is 55.4 Å². The Hall–Kier alpha value is -1.63. The summed E-state index contributed by atoms with van der Waals surface area (Å²) in [6.45, 7) is 4.64. The van der Waals surface area contributed by atoms with Crippen molar-refractivity contribution in [1.29, 1.82) is 0 Å². The lowest BCUT2D eigenvalue weighted by Gasteiger charge is -2.30. The van der Waals surface area contributed by atoms with Gasteiger partial charge in [-0.05, 0) is 31.7 Å². The Labute approximate surface area is 125 Å². The van der Waals surface area contributed by atoms with Crippen molar-refractivity contribution in [3.8, 4) is 0 Å². The molecule has 1 aromatic carbocycles. The SMILES string of the molecule is CC(O)c1ccc(NC(=O)NCC2CN(C)CCO2)cc1. The smallest absolute Gasteiger partial charge is 0.319 e. The summed E-state index contributed by atoms with van der Waals surface area (Å²) in [5.74, 6) is 0. The number of ether oxygens (including phenoxy) is 1. The first-order chi connectivity index (χ1) is 10.0. The molecular formula is C15H23N3O3. The van der Waals surface area contributed by atoms with E-state index in [0.717, 1.165) is 18.7 Å². The van der Waals surface area contributed by atoms with E-state index in [1.165, 1.54) is 0 Å². The molecule has 116 valence electrons. The van der Waals surface area contributed by atoms with E-state index in [4.69, 9.17) is 4.74 Å². The summed E-state index contributed by atoms with van der Waals surface area (Å²) in [6.07, 6.45) is -0.472. The van der Waals surface area contributed by atoms with Crippen LogP contribution in [-0.2, 0) is 4.74 Å². The normalized spacial score (nSPS) is 20.8. The molecular weight excluding hydrogens is 270 g/mol. The molecule has 1 aromatic rings. The van der Waals surface area contributed by atoms with Crippen LogP contribution in [0.3, 0.4) is 0 Å². The molecule has 0 aromatic heterocycles. The second kappa shape index (κ2) is 7.40. The summed E-state index contributed by atoms with van der Waals surface area (Å²) in [5.41, 5.74) is 1.51. The summed E-state index contributed by atoms with van der Waals surface area (Å²) in [7, 11) is 2.04. The van der Waals surface area contributed by atoms with Gasteiger partial charge < -0.3 is 25.4 Å². The Morgan fingerprint density at radius 2 is 2.19 bits per heavy atom. The van der Waals surface area contributed by atoms with Crippen molar-refractivity contribution >= 4 is 11.7 Å². The fourth-order valence-corrected chi connectivity index (χ4v) is 2.22. The molecule has 0 aliphatic carbocycles. The van der Waals surface area contributed by atoms with Crippen LogP contribution in [0.5, 0.6) is 0 Å². The molecule has 0 radical (unpaired) electrons. The molecule has 0 spiro atoms. The van der Waals surface area contributed by atoms with E-state index in [1.807, 2.05) is 7.05 Å². The van der Waals surface area contributed by atoms with Gasteiger partial charge in [-0.3, -0.25) is 0 Å². The summed E-state index contributed by atoms with van der Waals surface area (Å²) in [6, 6.07) is 6.87. The second-order valence-electron chi connectivity index (χ2n) is 5.39. The van der Waals surface area contributed by atoms with Gasteiger partial charge in [0.25, 0.3) is 0 Å². The minimum atomic E-state index is -0.506. The molecule has 0 saturated carbocycles. The van der Waals surface area contributed by atoms with Gasteiger partial charge in [0.15, 0.2) is 0 Å². The maximum absolute atomic E-state index is 11.8. The van der Waals surface area contributed by atoms with Crippen molar-refractivity contribution in [1.82, 2.24) is 10.2 Å². The molecule has 6 nitrogen and oxygen atoms in total. The lowest BCUT2D eigenvalue weighted by Crippen LogP contribution is -2.46. The molecule has 6 heteroatoms. The number of urea groups is 1. The third kappa shape index (κ3) is 5.00. The number of carbonyl (C=O) groups is 1. The van der Waals surface area contributed by atoms with E-state index in [0.29, 0.717) is 18.8 Å². The molecule has 2 amide bonds. The van der Waals surface area contributed by atoms with E-state index < -0.39 is 6.10 Å². The summed E-state index contributed by atoms with van der Waals surface area (Å²) < 4.78 is 5.58. The predicted molar refractivity (Wildman–Crippen MR) is 81.3 cm³/mol. The van der Waals surface area contributed by atoms with Gasteiger partial charge in [-0.25, -0.2) is 4.79 Å². The van der Waals surface area contributed by atoms with Gasteiger partial charge in [0, 0.05) is 25.3 Å². The Bertz CT molecular complexity index is 462. The standard InChI is InChI=1S/C15H23N3O3/c1-11(19)12-3-5-13(6-4-12)17-15(20)16-9-14-10-18(2)7-8-21-14/h3-6,11,14,19H,7-10H2,1-2H3,(H2,16,17,20). The average molecular weight is 293 g/mol. The van der Waals surface area contributed by atoms with Gasteiger partial charge in [0.2, 0.25) is 0 Å². The van der Waals surface area contributed by atoms with Crippen molar-refractivity contribution < 1.29 is 14.6 Å². The van der Waals surface area contributed by atoms with Gasteiger partial charge >= 0.3 is 6.03 Å². The fourth-order valence-electron chi connectivity index (χ4n) is 2.22. The van der Waals surface area contributed by atoms with Gasteiger partial charge in [-0.2, -0.15) is 0 Å². The molecule has 1 saturated heterocycles. The first-order valence-electron chi connectivity index (χ1n) is 7.17. The number of anilines is 1. The molecule has 2 unspecified atom stereocenters. The van der Waals surface area contributed by atoms with Crippen molar-refractivity contribution in [2.75, 3.05) is 38.6 Å². The largest absolute Gasteiger partial charge is 0.389 e. The molecule has 1 heterocycles. The lowest BCUT2D eigenvalue weighted by atomic mass is 10.1. The van der Waals surface area contributed by atoms with E-state index in [2.05, 4.69) is 15.5 Å². The van der Waals surface area contributed by atoms with Crippen LogP contribution in [0.4, 0.5) is 10.5 Å². The monoisotopic (exact) mass is 293 g/mol. The number of likely N-dealkylation sites (N-methyl/N-ethyl adjacent to an activating group) is 1. The minimum absolute atomic E-state index is 0.0344. The lowest BCUT2D eigenvalue weighted by molar-refractivity contribution is -0.0166. The average Bonchev–Trinajstić information content (AvgIpc) is 2.46. The zero-order valence-electron chi connectivity index (χ0n) is 12.5. The minimum Gasteiger partial charge on any atom is -0.389 e. The Morgan fingerprint density at radius 1 is 1.48 bits per heavy atom. The molecule has 2 rings (SSSR count). The predicted octanol–water partition coefficient (Wildman–Crippen LogP) is 1.19. The number of carbonyl (C=O) groups excluding carboxylic acids is 1. The number of benzene rings is 1. The molecule has 21 heavy (non-hydrogen) atoms. The van der Waals surface area contributed by atoms with Crippen molar-refractivity contribution in [2.24, 2.45) is 0 Å². The van der Waals surface area contributed by atoms with Crippen LogP contribution in [0.15, 0.2) is 24.3 Å². The topological polar surface area (TPSA) is 73.8 Å². The molecule has 1 aliphatic rings. The number of hydrogen-bond acceptors (Lipinski definition) is 4. The summed E-state index contributed by atoms with van der Waals surface area (Å²) in [4.78, 5) is 14.0. The highest BCUT2D eigenvalue weighted by Crippen LogP contribution is 2.15. The van der Waals surface area contributed by atoms with Gasteiger partial charge in [0.1, 0.15) is 0 Å². The van der Waals surface area contributed by atoms with Crippen LogP contribution in [0.2, 0.25) is 0 Å².